The van der Waals surface area contributed by atoms with Gasteiger partial charge >= 0.3 is 5.35 Å². The average Bonchev–Trinajstić information content (AvgIpc) is 2.39. The molecule has 1 heterocycles. The standard InChI is InChI=1S/C6H9ClN2O2/c1-3-4(10-2)5-8-6(7)11-9-5/h4H,3H2,1-2H3. The molecule has 0 radical (unpaired) electrons. The van der Waals surface area contributed by atoms with Gasteiger partial charge in [0.05, 0.1) is 0 Å². The Labute approximate surface area is 69.5 Å². The van der Waals surface area contributed by atoms with Crippen LogP contribution in [0.25, 0.3) is 0 Å². The number of halogens is 1. The number of ether oxygens (including phenoxy) is 1. The zero-order chi connectivity index (χ0) is 8.27. The van der Waals surface area contributed by atoms with Gasteiger partial charge in [-0.3, -0.25) is 0 Å². The second kappa shape index (κ2) is 3.69. The molecule has 1 atom stereocenters. The van der Waals surface area contributed by atoms with E-state index in [9.17, 15) is 0 Å². The first-order chi connectivity index (χ1) is 5.27. The Hall–Kier alpha value is -0.610. The van der Waals surface area contributed by atoms with Crippen molar-refractivity contribution in [2.75, 3.05) is 7.11 Å². The van der Waals surface area contributed by atoms with Crippen LogP contribution in [0, 0.1) is 0 Å². The molecule has 0 saturated carbocycles. The largest absolute Gasteiger partial charge is 0.373 e. The van der Waals surface area contributed by atoms with E-state index in [2.05, 4.69) is 14.7 Å². The van der Waals surface area contributed by atoms with Crippen molar-refractivity contribution in [2.45, 2.75) is 19.4 Å². The molecule has 0 bridgehead atoms. The molecule has 1 unspecified atom stereocenters. The fraction of sp³-hybridized carbons (Fsp3) is 0.667. The molecule has 11 heavy (non-hydrogen) atoms. The van der Waals surface area contributed by atoms with E-state index in [0.29, 0.717) is 5.82 Å². The van der Waals surface area contributed by atoms with Crippen LogP contribution in [0.15, 0.2) is 4.52 Å². The second-order valence-electron chi connectivity index (χ2n) is 2.04. The highest BCUT2D eigenvalue weighted by Crippen LogP contribution is 2.17. The number of hydrogen-bond donors (Lipinski definition) is 0. The molecule has 0 aliphatic rings. The summed E-state index contributed by atoms with van der Waals surface area (Å²) in [7, 11) is 1.60. The van der Waals surface area contributed by atoms with Crippen LogP contribution in [0.3, 0.4) is 0 Å². The summed E-state index contributed by atoms with van der Waals surface area (Å²) in [6.45, 7) is 1.97. The second-order valence-corrected chi connectivity index (χ2v) is 2.36. The first kappa shape index (κ1) is 8.49. The molecule has 1 rings (SSSR count). The van der Waals surface area contributed by atoms with Crippen LogP contribution in [0.5, 0.6) is 0 Å². The molecule has 0 amide bonds. The Morgan fingerprint density at radius 2 is 2.45 bits per heavy atom. The molecule has 0 aromatic carbocycles. The molecule has 0 saturated heterocycles. The average molecular weight is 177 g/mol. The van der Waals surface area contributed by atoms with E-state index in [1.54, 1.807) is 7.11 Å². The number of methoxy groups -OCH3 is 1. The number of nitrogens with zero attached hydrogens (tertiary/aromatic N) is 2. The lowest BCUT2D eigenvalue weighted by Crippen LogP contribution is -2.01. The first-order valence-electron chi connectivity index (χ1n) is 3.29. The van der Waals surface area contributed by atoms with E-state index in [1.807, 2.05) is 6.92 Å². The van der Waals surface area contributed by atoms with Gasteiger partial charge in [0, 0.05) is 7.11 Å². The molecular formula is C6H9ClN2O2. The molecular weight excluding hydrogens is 168 g/mol. The first-order valence-corrected chi connectivity index (χ1v) is 3.67. The lowest BCUT2D eigenvalue weighted by atomic mass is 10.3. The summed E-state index contributed by atoms with van der Waals surface area (Å²) in [5.74, 6) is 0.500. The van der Waals surface area contributed by atoms with Gasteiger partial charge in [-0.2, -0.15) is 4.98 Å². The number of aromatic nitrogens is 2. The quantitative estimate of drug-likeness (QED) is 0.705. The third kappa shape index (κ3) is 1.91. The van der Waals surface area contributed by atoms with E-state index in [0.717, 1.165) is 6.42 Å². The van der Waals surface area contributed by atoms with Crippen LogP contribution in [0.4, 0.5) is 0 Å². The third-order valence-corrected chi connectivity index (χ3v) is 1.51. The van der Waals surface area contributed by atoms with E-state index in [-0.39, 0.29) is 11.5 Å². The predicted molar refractivity (Wildman–Crippen MR) is 39.3 cm³/mol. The Morgan fingerprint density at radius 1 is 1.73 bits per heavy atom. The summed E-state index contributed by atoms with van der Waals surface area (Å²) in [5.41, 5.74) is 0. The van der Waals surface area contributed by atoms with Crippen molar-refractivity contribution in [1.29, 1.82) is 0 Å². The molecule has 0 fully saturated rings. The Morgan fingerprint density at radius 3 is 2.82 bits per heavy atom. The van der Waals surface area contributed by atoms with Crippen molar-refractivity contribution in [3.8, 4) is 0 Å². The minimum atomic E-state index is -0.119. The van der Waals surface area contributed by atoms with Crippen LogP contribution >= 0.6 is 11.6 Å². The number of rotatable bonds is 3. The maximum atomic E-state index is 5.42. The summed E-state index contributed by atoms with van der Waals surface area (Å²) >= 11 is 5.42. The van der Waals surface area contributed by atoms with Crippen molar-refractivity contribution in [1.82, 2.24) is 10.1 Å². The Bertz CT molecular complexity index is 222. The van der Waals surface area contributed by atoms with Crippen molar-refractivity contribution < 1.29 is 9.26 Å². The SMILES string of the molecule is CCC(OC)c1noc(Cl)n1. The summed E-state index contributed by atoms with van der Waals surface area (Å²) in [6.07, 6.45) is 0.679. The van der Waals surface area contributed by atoms with Crippen molar-refractivity contribution in [3.05, 3.63) is 11.2 Å². The summed E-state index contributed by atoms with van der Waals surface area (Å²) in [6, 6.07) is 0. The van der Waals surface area contributed by atoms with Gasteiger partial charge in [-0.25, -0.2) is 0 Å². The lowest BCUT2D eigenvalue weighted by Gasteiger charge is -2.05. The molecule has 5 heteroatoms. The monoisotopic (exact) mass is 176 g/mol. The van der Waals surface area contributed by atoms with Gasteiger partial charge in [0.2, 0.25) is 5.82 Å². The van der Waals surface area contributed by atoms with Crippen LogP contribution in [0.1, 0.15) is 25.3 Å². The highest BCUT2D eigenvalue weighted by Gasteiger charge is 2.14. The summed E-state index contributed by atoms with van der Waals surface area (Å²) in [4.78, 5) is 3.82. The Kier molecular flexibility index (Phi) is 2.84. The molecule has 0 spiro atoms. The van der Waals surface area contributed by atoms with Crippen molar-refractivity contribution in [3.63, 3.8) is 0 Å². The zero-order valence-corrected chi connectivity index (χ0v) is 7.13. The van der Waals surface area contributed by atoms with Crippen LogP contribution in [-0.2, 0) is 4.74 Å². The van der Waals surface area contributed by atoms with Crippen LogP contribution in [0.2, 0.25) is 5.35 Å². The molecule has 0 aliphatic carbocycles. The maximum Gasteiger partial charge on any atom is 0.320 e. The molecule has 1 aromatic heterocycles. The maximum absolute atomic E-state index is 5.42. The van der Waals surface area contributed by atoms with Gasteiger partial charge in [0.15, 0.2) is 0 Å². The van der Waals surface area contributed by atoms with Crippen molar-refractivity contribution in [2.24, 2.45) is 0 Å². The molecule has 1 aromatic rings. The molecule has 0 aliphatic heterocycles. The van der Waals surface area contributed by atoms with Crippen LogP contribution in [-0.4, -0.2) is 17.3 Å². The highest BCUT2D eigenvalue weighted by atomic mass is 35.5. The van der Waals surface area contributed by atoms with Gasteiger partial charge in [-0.1, -0.05) is 12.1 Å². The fourth-order valence-electron chi connectivity index (χ4n) is 0.801. The molecule has 4 nitrogen and oxygen atoms in total. The summed E-state index contributed by atoms with van der Waals surface area (Å²) in [5, 5.41) is 3.67. The van der Waals surface area contributed by atoms with Gasteiger partial charge in [0.25, 0.3) is 0 Å². The number of hydrogen-bond acceptors (Lipinski definition) is 4. The minimum Gasteiger partial charge on any atom is -0.373 e. The van der Waals surface area contributed by atoms with E-state index in [1.165, 1.54) is 0 Å². The molecule has 62 valence electrons. The van der Waals surface area contributed by atoms with E-state index >= 15 is 0 Å². The highest BCUT2D eigenvalue weighted by molar-refractivity contribution is 6.27. The van der Waals surface area contributed by atoms with E-state index < -0.39 is 0 Å². The summed E-state index contributed by atoms with van der Waals surface area (Å²) < 4.78 is 9.63. The zero-order valence-electron chi connectivity index (χ0n) is 6.37. The minimum absolute atomic E-state index is 0.0514. The van der Waals surface area contributed by atoms with Gasteiger partial charge in [0.1, 0.15) is 6.10 Å². The fourth-order valence-corrected chi connectivity index (χ4v) is 0.922. The van der Waals surface area contributed by atoms with Crippen molar-refractivity contribution >= 4 is 11.6 Å². The van der Waals surface area contributed by atoms with E-state index in [4.69, 9.17) is 16.3 Å². The topological polar surface area (TPSA) is 48.2 Å². The normalized spacial score (nSPS) is 13.4. The van der Waals surface area contributed by atoms with Gasteiger partial charge in [-0.05, 0) is 18.0 Å². The third-order valence-electron chi connectivity index (χ3n) is 1.36. The van der Waals surface area contributed by atoms with Gasteiger partial charge in [-0.15, -0.1) is 0 Å². The lowest BCUT2D eigenvalue weighted by molar-refractivity contribution is 0.0903. The smallest absolute Gasteiger partial charge is 0.320 e. The predicted octanol–water partition coefficient (Wildman–Crippen LogP) is 1.82. The molecule has 0 N–H and O–H groups in total. The van der Waals surface area contributed by atoms with Gasteiger partial charge < -0.3 is 9.26 Å². The van der Waals surface area contributed by atoms with Crippen LogP contribution < -0.4 is 0 Å². The Balaban J connectivity index is 2.73.